The number of hydroxylamine groups is 2. The van der Waals surface area contributed by atoms with E-state index in [4.69, 9.17) is 9.57 Å². The Balaban J connectivity index is 1.36. The van der Waals surface area contributed by atoms with E-state index in [9.17, 15) is 19.5 Å². The minimum absolute atomic E-state index is 0.0801. The first-order valence-corrected chi connectivity index (χ1v) is 11.4. The molecule has 180 valence electrons. The lowest BCUT2D eigenvalue weighted by molar-refractivity contribution is -0.147. The molecule has 1 atom stereocenters. The van der Waals surface area contributed by atoms with E-state index in [-0.39, 0.29) is 18.6 Å². The maximum absolute atomic E-state index is 12.7. The number of amides is 2. The topological polar surface area (TPSA) is 117 Å². The van der Waals surface area contributed by atoms with E-state index in [1.54, 1.807) is 12.2 Å². The van der Waals surface area contributed by atoms with Gasteiger partial charge in [-0.25, -0.2) is 4.79 Å². The zero-order chi connectivity index (χ0) is 24.1. The van der Waals surface area contributed by atoms with Crippen molar-refractivity contribution in [2.45, 2.75) is 37.3 Å². The van der Waals surface area contributed by atoms with E-state index in [1.807, 2.05) is 48.5 Å². The molecule has 1 aliphatic heterocycles. The molecule has 4 rings (SSSR count). The van der Waals surface area contributed by atoms with Crippen LogP contribution in [-0.2, 0) is 19.2 Å². The van der Waals surface area contributed by atoms with Gasteiger partial charge >= 0.3 is 12.1 Å². The SMILES string of the molecule is CON1CCC(NC(=O)C(CC(=O)O)NC(=O)OCC2c3ccccc3-c3ccccc32)CC1. The van der Waals surface area contributed by atoms with Crippen LogP contribution in [0.4, 0.5) is 4.79 Å². The third kappa shape index (κ3) is 5.37. The predicted octanol–water partition coefficient (Wildman–Crippen LogP) is 2.51. The zero-order valence-corrected chi connectivity index (χ0v) is 19.0. The molecule has 1 saturated heterocycles. The number of hydrogen-bond acceptors (Lipinski definition) is 6. The van der Waals surface area contributed by atoms with Gasteiger partial charge in [-0.05, 0) is 35.1 Å². The summed E-state index contributed by atoms with van der Waals surface area (Å²) in [6, 6.07) is 14.6. The number of alkyl carbamates (subject to hydrolysis) is 1. The zero-order valence-electron chi connectivity index (χ0n) is 19.0. The number of benzene rings is 2. The Hall–Kier alpha value is -3.43. The molecule has 2 aliphatic rings. The Morgan fingerprint density at radius 3 is 2.18 bits per heavy atom. The van der Waals surface area contributed by atoms with Crippen molar-refractivity contribution >= 4 is 18.0 Å². The maximum atomic E-state index is 12.7. The monoisotopic (exact) mass is 467 g/mol. The van der Waals surface area contributed by atoms with E-state index in [0.29, 0.717) is 25.9 Å². The van der Waals surface area contributed by atoms with Gasteiger partial charge in [0.15, 0.2) is 0 Å². The number of carbonyl (C=O) groups excluding carboxylic acids is 2. The standard InChI is InChI=1S/C25H29N3O6/c1-33-28-12-10-16(11-13-28)26-24(31)22(14-23(29)30)27-25(32)34-15-21-19-8-4-2-6-17(19)18-7-3-5-9-20(18)21/h2-9,16,21-22H,10-15H2,1H3,(H,26,31)(H,27,32)(H,29,30). The number of ether oxygens (including phenoxy) is 1. The summed E-state index contributed by atoms with van der Waals surface area (Å²) in [7, 11) is 1.60. The fraction of sp³-hybridized carbons (Fsp3) is 0.400. The summed E-state index contributed by atoms with van der Waals surface area (Å²) in [6.07, 6.45) is -0.0147. The molecule has 2 amide bonds. The number of carboxylic acid groups (broad SMARTS) is 1. The van der Waals surface area contributed by atoms with E-state index < -0.39 is 30.4 Å². The highest BCUT2D eigenvalue weighted by Crippen LogP contribution is 2.44. The van der Waals surface area contributed by atoms with Gasteiger partial charge in [0.2, 0.25) is 5.91 Å². The first-order valence-electron chi connectivity index (χ1n) is 11.4. The van der Waals surface area contributed by atoms with Gasteiger partial charge in [0.25, 0.3) is 0 Å². The molecule has 0 aromatic heterocycles. The van der Waals surface area contributed by atoms with Crippen molar-refractivity contribution in [3.8, 4) is 11.1 Å². The molecule has 1 fully saturated rings. The quantitative estimate of drug-likeness (QED) is 0.546. The lowest BCUT2D eigenvalue weighted by atomic mass is 9.98. The maximum Gasteiger partial charge on any atom is 0.407 e. The molecule has 2 aromatic carbocycles. The van der Waals surface area contributed by atoms with E-state index in [0.717, 1.165) is 22.3 Å². The molecular weight excluding hydrogens is 438 g/mol. The number of carbonyl (C=O) groups is 3. The number of nitrogens with one attached hydrogen (secondary N) is 2. The predicted molar refractivity (Wildman–Crippen MR) is 124 cm³/mol. The number of aliphatic carboxylic acids is 1. The number of carboxylic acids is 1. The van der Waals surface area contributed by atoms with E-state index in [1.165, 1.54) is 0 Å². The van der Waals surface area contributed by atoms with Crippen LogP contribution in [0, 0.1) is 0 Å². The summed E-state index contributed by atoms with van der Waals surface area (Å²) in [6.45, 7) is 1.40. The minimum Gasteiger partial charge on any atom is -0.481 e. The summed E-state index contributed by atoms with van der Waals surface area (Å²) in [5.41, 5.74) is 4.35. The largest absolute Gasteiger partial charge is 0.481 e. The van der Waals surface area contributed by atoms with Gasteiger partial charge in [-0.1, -0.05) is 48.5 Å². The fourth-order valence-electron chi connectivity index (χ4n) is 4.65. The van der Waals surface area contributed by atoms with Gasteiger partial charge < -0.3 is 25.3 Å². The number of hydrogen-bond donors (Lipinski definition) is 3. The van der Waals surface area contributed by atoms with Crippen molar-refractivity contribution in [1.29, 1.82) is 0 Å². The second-order valence-electron chi connectivity index (χ2n) is 8.51. The van der Waals surface area contributed by atoms with Crippen LogP contribution in [0.1, 0.15) is 36.3 Å². The number of rotatable bonds is 8. The van der Waals surface area contributed by atoms with Gasteiger partial charge in [-0.15, -0.1) is 0 Å². The van der Waals surface area contributed by atoms with Crippen LogP contribution < -0.4 is 10.6 Å². The summed E-state index contributed by atoms with van der Waals surface area (Å²) in [4.78, 5) is 41.8. The van der Waals surface area contributed by atoms with Crippen LogP contribution in [0.25, 0.3) is 11.1 Å². The molecule has 0 radical (unpaired) electrons. The molecule has 2 aromatic rings. The van der Waals surface area contributed by atoms with Crippen molar-refractivity contribution in [2.75, 3.05) is 26.8 Å². The van der Waals surface area contributed by atoms with Gasteiger partial charge in [0.1, 0.15) is 12.6 Å². The highest BCUT2D eigenvalue weighted by atomic mass is 16.7. The third-order valence-corrected chi connectivity index (χ3v) is 6.39. The van der Waals surface area contributed by atoms with Crippen molar-refractivity contribution in [3.63, 3.8) is 0 Å². The normalized spacial score (nSPS) is 16.9. The van der Waals surface area contributed by atoms with Gasteiger partial charge in [-0.2, -0.15) is 5.06 Å². The lowest BCUT2D eigenvalue weighted by Gasteiger charge is -2.31. The van der Waals surface area contributed by atoms with Gasteiger partial charge in [0, 0.05) is 25.0 Å². The van der Waals surface area contributed by atoms with Crippen LogP contribution in [0.15, 0.2) is 48.5 Å². The molecule has 9 heteroatoms. The smallest absolute Gasteiger partial charge is 0.407 e. The van der Waals surface area contributed by atoms with Gasteiger partial charge in [-0.3, -0.25) is 9.59 Å². The second kappa shape index (κ2) is 10.7. The van der Waals surface area contributed by atoms with E-state index in [2.05, 4.69) is 10.6 Å². The summed E-state index contributed by atoms with van der Waals surface area (Å²) in [5.74, 6) is -1.85. The second-order valence-corrected chi connectivity index (χ2v) is 8.51. The molecule has 0 spiro atoms. The number of piperidine rings is 1. The average Bonchev–Trinajstić information content (AvgIpc) is 3.16. The van der Waals surface area contributed by atoms with Crippen molar-refractivity contribution in [1.82, 2.24) is 15.7 Å². The summed E-state index contributed by atoms with van der Waals surface area (Å²) in [5, 5.41) is 16.3. The molecule has 34 heavy (non-hydrogen) atoms. The van der Waals surface area contributed by atoms with Crippen LogP contribution in [-0.4, -0.2) is 67.0 Å². The molecule has 1 aliphatic carbocycles. The van der Waals surface area contributed by atoms with E-state index >= 15 is 0 Å². The van der Waals surface area contributed by atoms with Crippen LogP contribution in [0.5, 0.6) is 0 Å². The summed E-state index contributed by atoms with van der Waals surface area (Å²) < 4.78 is 5.47. The molecule has 3 N–H and O–H groups in total. The Kier molecular flexibility index (Phi) is 7.44. The Morgan fingerprint density at radius 1 is 1.03 bits per heavy atom. The minimum atomic E-state index is -1.23. The van der Waals surface area contributed by atoms with Crippen molar-refractivity contribution < 1.29 is 29.1 Å². The number of nitrogens with zero attached hydrogens (tertiary/aromatic N) is 1. The molecule has 1 heterocycles. The third-order valence-electron chi connectivity index (χ3n) is 6.39. The first kappa shape index (κ1) is 23.7. The van der Waals surface area contributed by atoms with Crippen molar-refractivity contribution in [2.24, 2.45) is 0 Å². The van der Waals surface area contributed by atoms with Crippen LogP contribution in [0.2, 0.25) is 0 Å². The molecule has 1 unspecified atom stereocenters. The Labute approximate surface area is 198 Å². The highest BCUT2D eigenvalue weighted by Gasteiger charge is 2.31. The van der Waals surface area contributed by atoms with Crippen LogP contribution >= 0.6 is 0 Å². The summed E-state index contributed by atoms with van der Waals surface area (Å²) >= 11 is 0. The highest BCUT2D eigenvalue weighted by molar-refractivity contribution is 5.89. The van der Waals surface area contributed by atoms with Crippen molar-refractivity contribution in [3.05, 3.63) is 59.7 Å². The molecule has 0 saturated carbocycles. The molecule has 0 bridgehead atoms. The number of fused-ring (bicyclic) bond motifs is 3. The molecular formula is C25H29N3O6. The lowest BCUT2D eigenvalue weighted by Crippen LogP contribution is -2.52. The molecule has 9 nitrogen and oxygen atoms in total. The first-order chi connectivity index (χ1) is 16.5. The average molecular weight is 468 g/mol. The Bertz CT molecular complexity index is 1000. The Morgan fingerprint density at radius 2 is 1.62 bits per heavy atom. The fourth-order valence-corrected chi connectivity index (χ4v) is 4.65. The van der Waals surface area contributed by atoms with Crippen LogP contribution in [0.3, 0.4) is 0 Å². The van der Waals surface area contributed by atoms with Gasteiger partial charge in [0.05, 0.1) is 13.5 Å².